The summed E-state index contributed by atoms with van der Waals surface area (Å²) in [4.78, 5) is 28.5. The van der Waals surface area contributed by atoms with Crippen LogP contribution in [0.5, 0.6) is 5.75 Å². The van der Waals surface area contributed by atoms with E-state index in [0.717, 1.165) is 28.5 Å². The molecule has 31 heavy (non-hydrogen) atoms. The van der Waals surface area contributed by atoms with Crippen molar-refractivity contribution in [1.82, 2.24) is 15.1 Å². The van der Waals surface area contributed by atoms with Gasteiger partial charge in [-0.3, -0.25) is 14.5 Å². The summed E-state index contributed by atoms with van der Waals surface area (Å²) in [5.74, 6) is 0.844. The van der Waals surface area contributed by atoms with Crippen molar-refractivity contribution in [3.8, 4) is 5.75 Å². The molecule has 0 bridgehead atoms. The molecule has 7 nitrogen and oxygen atoms in total. The largest absolute Gasteiger partial charge is 0.497 e. The number of hydrogen-bond acceptors (Lipinski definition) is 5. The molecule has 2 aromatic carbocycles. The number of ether oxygens (including phenoxy) is 2. The van der Waals surface area contributed by atoms with E-state index in [-0.39, 0.29) is 11.8 Å². The third kappa shape index (κ3) is 6.80. The molecular weight excluding hydrogens is 394 g/mol. The van der Waals surface area contributed by atoms with Crippen LogP contribution in [0.4, 0.5) is 0 Å². The molecule has 1 heterocycles. The zero-order valence-electron chi connectivity index (χ0n) is 18.3. The van der Waals surface area contributed by atoms with Gasteiger partial charge in [-0.1, -0.05) is 18.2 Å². The Bertz CT molecular complexity index is 920. The summed E-state index contributed by atoms with van der Waals surface area (Å²) in [5, 5.41) is 5.10. The van der Waals surface area contributed by atoms with Crippen LogP contribution >= 0.6 is 0 Å². The van der Waals surface area contributed by atoms with Crippen molar-refractivity contribution in [2.75, 3.05) is 60.1 Å². The molecule has 1 aliphatic rings. The van der Waals surface area contributed by atoms with Gasteiger partial charge in [0, 0.05) is 52.5 Å². The van der Waals surface area contributed by atoms with E-state index in [4.69, 9.17) is 9.47 Å². The number of piperazine rings is 1. The lowest BCUT2D eigenvalue weighted by atomic mass is 10.1. The summed E-state index contributed by atoms with van der Waals surface area (Å²) in [6.07, 6.45) is 4.29. The quantitative estimate of drug-likeness (QED) is 0.493. The number of amides is 2. The Morgan fingerprint density at radius 1 is 1.03 bits per heavy atom. The van der Waals surface area contributed by atoms with Crippen LogP contribution in [0.25, 0.3) is 16.8 Å². The number of carbonyl (C=O) groups excluding carboxylic acids is 2. The number of hydrogen-bond donors (Lipinski definition) is 1. The van der Waals surface area contributed by atoms with Gasteiger partial charge in [0.05, 0.1) is 13.7 Å². The standard InChI is InChI=1S/C24H31N3O4/c1-30-15-3-10-25-23(28)18-26-11-13-27(14-12-26)24(29)9-5-19-4-6-21-17-22(31-2)8-7-20(21)16-19/h4-9,16-17H,3,10-15,18H2,1-2H3,(H,25,28)/b9-5+. The van der Waals surface area contributed by atoms with Crippen LogP contribution in [0, 0.1) is 0 Å². The Morgan fingerprint density at radius 3 is 2.52 bits per heavy atom. The van der Waals surface area contributed by atoms with E-state index in [0.29, 0.717) is 45.9 Å². The van der Waals surface area contributed by atoms with E-state index in [1.807, 2.05) is 41.3 Å². The van der Waals surface area contributed by atoms with Crippen LogP contribution in [-0.2, 0) is 14.3 Å². The second-order valence-corrected chi connectivity index (χ2v) is 7.60. The molecule has 0 unspecified atom stereocenters. The first-order valence-corrected chi connectivity index (χ1v) is 10.6. The molecule has 7 heteroatoms. The number of methoxy groups -OCH3 is 2. The van der Waals surface area contributed by atoms with Crippen LogP contribution in [0.1, 0.15) is 12.0 Å². The van der Waals surface area contributed by atoms with E-state index >= 15 is 0 Å². The average Bonchev–Trinajstić information content (AvgIpc) is 2.80. The lowest BCUT2D eigenvalue weighted by Crippen LogP contribution is -2.50. The molecule has 1 fully saturated rings. The highest BCUT2D eigenvalue weighted by atomic mass is 16.5. The number of rotatable bonds is 9. The zero-order valence-corrected chi connectivity index (χ0v) is 18.3. The minimum atomic E-state index is -0.00139. The highest BCUT2D eigenvalue weighted by Crippen LogP contribution is 2.22. The fraction of sp³-hybridized carbons (Fsp3) is 0.417. The summed E-state index contributed by atoms with van der Waals surface area (Å²) >= 11 is 0. The first-order valence-electron chi connectivity index (χ1n) is 10.6. The Labute approximate surface area is 183 Å². The summed E-state index contributed by atoms with van der Waals surface area (Å²) < 4.78 is 10.2. The van der Waals surface area contributed by atoms with Crippen LogP contribution in [-0.4, -0.2) is 81.7 Å². The van der Waals surface area contributed by atoms with Crippen molar-refractivity contribution in [2.45, 2.75) is 6.42 Å². The second-order valence-electron chi connectivity index (χ2n) is 7.60. The number of nitrogens with one attached hydrogen (secondary N) is 1. The maximum absolute atomic E-state index is 12.6. The van der Waals surface area contributed by atoms with Gasteiger partial charge in [0.2, 0.25) is 11.8 Å². The normalized spacial score (nSPS) is 14.8. The van der Waals surface area contributed by atoms with Crippen molar-refractivity contribution in [2.24, 2.45) is 0 Å². The lowest BCUT2D eigenvalue weighted by molar-refractivity contribution is -0.128. The number of carbonyl (C=O) groups is 2. The molecule has 2 aromatic rings. The van der Waals surface area contributed by atoms with Crippen LogP contribution < -0.4 is 10.1 Å². The summed E-state index contributed by atoms with van der Waals surface area (Å²) in [5.41, 5.74) is 0.981. The minimum absolute atomic E-state index is 0.00139. The highest BCUT2D eigenvalue weighted by molar-refractivity contribution is 5.93. The SMILES string of the molecule is COCCCNC(=O)CN1CCN(C(=O)/C=C/c2ccc3cc(OC)ccc3c2)CC1. The Hall–Kier alpha value is -2.90. The molecule has 0 atom stereocenters. The van der Waals surface area contributed by atoms with Crippen molar-refractivity contribution in [3.05, 3.63) is 48.0 Å². The van der Waals surface area contributed by atoms with Gasteiger partial charge < -0.3 is 19.7 Å². The van der Waals surface area contributed by atoms with Crippen LogP contribution in [0.3, 0.4) is 0 Å². The zero-order chi connectivity index (χ0) is 22.1. The monoisotopic (exact) mass is 425 g/mol. The van der Waals surface area contributed by atoms with Crippen molar-refractivity contribution >= 4 is 28.7 Å². The van der Waals surface area contributed by atoms with E-state index in [9.17, 15) is 9.59 Å². The Kier molecular flexibility index (Phi) is 8.44. The van der Waals surface area contributed by atoms with Crippen molar-refractivity contribution in [1.29, 1.82) is 0 Å². The lowest BCUT2D eigenvalue weighted by Gasteiger charge is -2.33. The molecule has 166 valence electrons. The van der Waals surface area contributed by atoms with Gasteiger partial charge in [-0.15, -0.1) is 0 Å². The van der Waals surface area contributed by atoms with Crippen LogP contribution in [0.2, 0.25) is 0 Å². The van der Waals surface area contributed by atoms with E-state index in [1.54, 1.807) is 20.3 Å². The molecule has 1 saturated heterocycles. The maximum Gasteiger partial charge on any atom is 0.246 e. The molecular formula is C24H31N3O4. The predicted octanol–water partition coefficient (Wildman–Crippen LogP) is 2.16. The summed E-state index contributed by atoms with van der Waals surface area (Å²) in [7, 11) is 3.31. The van der Waals surface area contributed by atoms with Crippen molar-refractivity contribution < 1.29 is 19.1 Å². The third-order valence-electron chi connectivity index (χ3n) is 5.39. The smallest absolute Gasteiger partial charge is 0.246 e. The molecule has 0 aliphatic carbocycles. The van der Waals surface area contributed by atoms with Gasteiger partial charge in [-0.25, -0.2) is 0 Å². The van der Waals surface area contributed by atoms with Gasteiger partial charge in [0.25, 0.3) is 0 Å². The first kappa shape index (κ1) is 22.8. The molecule has 0 aromatic heterocycles. The molecule has 0 radical (unpaired) electrons. The third-order valence-corrected chi connectivity index (χ3v) is 5.39. The highest BCUT2D eigenvalue weighted by Gasteiger charge is 2.21. The van der Waals surface area contributed by atoms with E-state index in [1.165, 1.54) is 0 Å². The van der Waals surface area contributed by atoms with Crippen molar-refractivity contribution in [3.63, 3.8) is 0 Å². The van der Waals surface area contributed by atoms with Gasteiger partial charge in [-0.2, -0.15) is 0 Å². The molecule has 0 spiro atoms. The Balaban J connectivity index is 1.46. The fourth-order valence-corrected chi connectivity index (χ4v) is 3.58. The molecule has 1 N–H and O–H groups in total. The predicted molar refractivity (Wildman–Crippen MR) is 122 cm³/mol. The van der Waals surface area contributed by atoms with Gasteiger partial charge in [-0.05, 0) is 47.0 Å². The first-order chi connectivity index (χ1) is 15.1. The van der Waals surface area contributed by atoms with E-state index in [2.05, 4.69) is 16.3 Å². The fourth-order valence-electron chi connectivity index (χ4n) is 3.58. The Morgan fingerprint density at radius 2 is 1.77 bits per heavy atom. The minimum Gasteiger partial charge on any atom is -0.497 e. The van der Waals surface area contributed by atoms with Gasteiger partial charge >= 0.3 is 0 Å². The number of benzene rings is 2. The maximum atomic E-state index is 12.6. The second kappa shape index (κ2) is 11.5. The molecule has 1 aliphatic heterocycles. The molecule has 3 rings (SSSR count). The van der Waals surface area contributed by atoms with E-state index < -0.39 is 0 Å². The van der Waals surface area contributed by atoms with Gasteiger partial charge in [0.1, 0.15) is 5.75 Å². The molecule has 2 amide bonds. The summed E-state index contributed by atoms with van der Waals surface area (Å²) in [6.45, 7) is 4.27. The number of fused-ring (bicyclic) bond motifs is 1. The van der Waals surface area contributed by atoms with Gasteiger partial charge in [0.15, 0.2) is 0 Å². The average molecular weight is 426 g/mol. The van der Waals surface area contributed by atoms with Crippen LogP contribution in [0.15, 0.2) is 42.5 Å². The number of nitrogens with zero attached hydrogens (tertiary/aromatic N) is 2. The topological polar surface area (TPSA) is 71.1 Å². The molecule has 0 saturated carbocycles. The summed E-state index contributed by atoms with van der Waals surface area (Å²) in [6, 6.07) is 12.0.